The van der Waals surface area contributed by atoms with E-state index in [0.717, 1.165) is 35.4 Å². The molecule has 1 heterocycles. The Hall–Kier alpha value is -2.53. The number of hydrogen-bond acceptors (Lipinski definition) is 3. The van der Waals surface area contributed by atoms with Gasteiger partial charge in [0, 0.05) is 17.0 Å². The molecule has 1 N–H and O–H groups in total. The van der Waals surface area contributed by atoms with Crippen LogP contribution in [0.5, 0.6) is 0 Å². The van der Waals surface area contributed by atoms with E-state index in [9.17, 15) is 9.59 Å². The van der Waals surface area contributed by atoms with Crippen molar-refractivity contribution in [1.82, 2.24) is 5.32 Å². The molecular weight excluding hydrogens is 404 g/mol. The predicted octanol–water partition coefficient (Wildman–Crippen LogP) is 5.56. The summed E-state index contributed by atoms with van der Waals surface area (Å²) in [5.41, 5.74) is 6.40. The third-order valence-corrected chi connectivity index (χ3v) is 7.16. The average molecular weight is 435 g/mol. The number of nitrogens with one attached hydrogen (secondary N) is 1. The van der Waals surface area contributed by atoms with Crippen LogP contribution in [-0.4, -0.2) is 24.1 Å². The Morgan fingerprint density at radius 1 is 1.13 bits per heavy atom. The summed E-state index contributed by atoms with van der Waals surface area (Å²) in [6.45, 7) is 5.32. The molecule has 0 atom stereocenters. The first kappa shape index (κ1) is 21.7. The van der Waals surface area contributed by atoms with Gasteiger partial charge < -0.3 is 10.2 Å². The molecule has 0 saturated carbocycles. The molecule has 0 saturated heterocycles. The van der Waals surface area contributed by atoms with Crippen LogP contribution in [0.3, 0.4) is 0 Å². The van der Waals surface area contributed by atoms with Crippen LogP contribution in [0.4, 0.5) is 5.69 Å². The van der Waals surface area contributed by atoms with Crippen molar-refractivity contribution in [3.63, 3.8) is 0 Å². The summed E-state index contributed by atoms with van der Waals surface area (Å²) in [6, 6.07) is 12.0. The highest BCUT2D eigenvalue weighted by Crippen LogP contribution is 2.37. The van der Waals surface area contributed by atoms with Gasteiger partial charge in [-0.2, -0.15) is 0 Å². The van der Waals surface area contributed by atoms with Crippen LogP contribution in [0.15, 0.2) is 52.9 Å². The van der Waals surface area contributed by atoms with Gasteiger partial charge >= 0.3 is 0 Å². The van der Waals surface area contributed by atoms with E-state index >= 15 is 0 Å². The molecule has 162 valence electrons. The Balaban J connectivity index is 1.50. The second kappa shape index (κ2) is 9.73. The zero-order chi connectivity index (χ0) is 21.8. The van der Waals surface area contributed by atoms with Crippen molar-refractivity contribution in [3.8, 4) is 0 Å². The fourth-order valence-corrected chi connectivity index (χ4v) is 5.14. The standard InChI is InChI=1S/C26H30N2O2S/c1-18-8-9-19(2)22(14-18)16-28-23-15-21(10-11-24(23)31-17-25(28)29)26(30)27-13-12-20-6-4-3-5-7-20/h6,8-11,14-15H,3-5,7,12-13,16-17H2,1-2H3,(H,27,30). The van der Waals surface area contributed by atoms with Gasteiger partial charge in [0.2, 0.25) is 5.91 Å². The van der Waals surface area contributed by atoms with E-state index in [0.29, 0.717) is 24.4 Å². The van der Waals surface area contributed by atoms with Crippen LogP contribution >= 0.6 is 11.8 Å². The lowest BCUT2D eigenvalue weighted by molar-refractivity contribution is -0.116. The molecule has 0 fully saturated rings. The van der Waals surface area contributed by atoms with Crippen LogP contribution in [-0.2, 0) is 11.3 Å². The summed E-state index contributed by atoms with van der Waals surface area (Å²) in [4.78, 5) is 28.4. The summed E-state index contributed by atoms with van der Waals surface area (Å²) < 4.78 is 0. The molecule has 5 heteroatoms. The Bertz CT molecular complexity index is 1030. The first-order chi connectivity index (χ1) is 15.0. The molecule has 2 aliphatic rings. The Labute approximate surface area is 189 Å². The second-order valence-corrected chi connectivity index (χ2v) is 9.51. The zero-order valence-corrected chi connectivity index (χ0v) is 19.2. The van der Waals surface area contributed by atoms with Crippen molar-refractivity contribution >= 4 is 29.3 Å². The zero-order valence-electron chi connectivity index (χ0n) is 18.4. The highest BCUT2D eigenvalue weighted by atomic mass is 32.2. The molecule has 4 nitrogen and oxygen atoms in total. The van der Waals surface area contributed by atoms with Crippen molar-refractivity contribution in [3.05, 3.63) is 70.3 Å². The van der Waals surface area contributed by atoms with Gasteiger partial charge in [0.25, 0.3) is 5.91 Å². The SMILES string of the molecule is Cc1ccc(C)c(CN2C(=O)CSc3ccc(C(=O)NCCC4=CCCCC4)cc32)c1. The number of aryl methyl sites for hydroxylation is 2. The van der Waals surface area contributed by atoms with E-state index in [4.69, 9.17) is 0 Å². The van der Waals surface area contributed by atoms with Crippen molar-refractivity contribution in [1.29, 1.82) is 0 Å². The number of benzene rings is 2. The summed E-state index contributed by atoms with van der Waals surface area (Å²) in [7, 11) is 0. The number of carbonyl (C=O) groups excluding carboxylic acids is 2. The molecule has 1 aliphatic carbocycles. The van der Waals surface area contributed by atoms with Crippen LogP contribution in [0.1, 0.15) is 59.2 Å². The molecule has 4 rings (SSSR count). The first-order valence-corrected chi connectivity index (χ1v) is 12.1. The van der Waals surface area contributed by atoms with Crippen molar-refractivity contribution in [2.24, 2.45) is 0 Å². The van der Waals surface area contributed by atoms with Crippen molar-refractivity contribution < 1.29 is 9.59 Å². The summed E-state index contributed by atoms with van der Waals surface area (Å²) in [5, 5.41) is 3.06. The van der Waals surface area contributed by atoms with Crippen LogP contribution in [0.2, 0.25) is 0 Å². The van der Waals surface area contributed by atoms with E-state index < -0.39 is 0 Å². The number of rotatable bonds is 6. The van der Waals surface area contributed by atoms with Gasteiger partial charge in [-0.05, 0) is 75.3 Å². The van der Waals surface area contributed by atoms with E-state index in [2.05, 4.69) is 43.4 Å². The highest BCUT2D eigenvalue weighted by molar-refractivity contribution is 8.00. The third kappa shape index (κ3) is 5.21. The number of fused-ring (bicyclic) bond motifs is 1. The van der Waals surface area contributed by atoms with E-state index in [1.165, 1.54) is 29.5 Å². The lowest BCUT2D eigenvalue weighted by atomic mass is 9.97. The molecule has 0 spiro atoms. The number of carbonyl (C=O) groups is 2. The smallest absolute Gasteiger partial charge is 0.251 e. The lowest BCUT2D eigenvalue weighted by Crippen LogP contribution is -2.35. The predicted molar refractivity (Wildman–Crippen MR) is 128 cm³/mol. The maximum Gasteiger partial charge on any atom is 0.251 e. The molecule has 2 aromatic carbocycles. The fraction of sp³-hybridized carbons (Fsp3) is 0.385. The molecule has 0 radical (unpaired) electrons. The molecule has 2 amide bonds. The van der Waals surface area contributed by atoms with E-state index in [1.807, 2.05) is 23.1 Å². The Morgan fingerprint density at radius 2 is 2.00 bits per heavy atom. The number of amides is 2. The van der Waals surface area contributed by atoms with Crippen LogP contribution < -0.4 is 10.2 Å². The molecular formula is C26H30N2O2S. The topological polar surface area (TPSA) is 49.4 Å². The Kier molecular flexibility index (Phi) is 6.81. The number of hydrogen-bond donors (Lipinski definition) is 1. The Morgan fingerprint density at radius 3 is 2.81 bits per heavy atom. The molecule has 0 unspecified atom stereocenters. The van der Waals surface area contributed by atoms with Gasteiger partial charge in [0.15, 0.2) is 0 Å². The minimum atomic E-state index is -0.0751. The lowest BCUT2D eigenvalue weighted by Gasteiger charge is -2.30. The molecule has 0 aromatic heterocycles. The van der Waals surface area contributed by atoms with Gasteiger partial charge in [-0.25, -0.2) is 0 Å². The monoisotopic (exact) mass is 434 g/mol. The first-order valence-electron chi connectivity index (χ1n) is 11.1. The summed E-state index contributed by atoms with van der Waals surface area (Å²) in [6.07, 6.45) is 8.09. The maximum atomic E-state index is 12.8. The second-order valence-electron chi connectivity index (χ2n) is 8.50. The van der Waals surface area contributed by atoms with E-state index in [1.54, 1.807) is 11.8 Å². The summed E-state index contributed by atoms with van der Waals surface area (Å²) in [5.74, 6) is 0.438. The van der Waals surface area contributed by atoms with Gasteiger partial charge in [0.1, 0.15) is 0 Å². The van der Waals surface area contributed by atoms with Crippen molar-refractivity contribution in [2.45, 2.75) is 57.4 Å². The largest absolute Gasteiger partial charge is 0.352 e. The molecule has 0 bridgehead atoms. The minimum Gasteiger partial charge on any atom is -0.352 e. The molecule has 1 aliphatic heterocycles. The molecule has 2 aromatic rings. The van der Waals surface area contributed by atoms with Gasteiger partial charge in [-0.3, -0.25) is 9.59 Å². The number of allylic oxidation sites excluding steroid dienone is 1. The number of anilines is 1. The number of thioether (sulfide) groups is 1. The fourth-order valence-electron chi connectivity index (χ4n) is 4.23. The normalized spacial score (nSPS) is 16.0. The summed E-state index contributed by atoms with van der Waals surface area (Å²) >= 11 is 1.55. The van der Waals surface area contributed by atoms with Gasteiger partial charge in [-0.15, -0.1) is 11.8 Å². The quantitative estimate of drug-likeness (QED) is 0.605. The van der Waals surface area contributed by atoms with Crippen LogP contribution in [0.25, 0.3) is 0 Å². The van der Waals surface area contributed by atoms with Crippen molar-refractivity contribution in [2.75, 3.05) is 17.2 Å². The number of nitrogens with zero attached hydrogens (tertiary/aromatic N) is 1. The average Bonchev–Trinajstić information content (AvgIpc) is 2.78. The molecule has 31 heavy (non-hydrogen) atoms. The van der Waals surface area contributed by atoms with E-state index in [-0.39, 0.29) is 11.8 Å². The van der Waals surface area contributed by atoms with Gasteiger partial charge in [-0.1, -0.05) is 35.4 Å². The third-order valence-electron chi connectivity index (χ3n) is 6.11. The maximum absolute atomic E-state index is 12.8. The van der Waals surface area contributed by atoms with Gasteiger partial charge in [0.05, 0.1) is 18.0 Å². The highest BCUT2D eigenvalue weighted by Gasteiger charge is 2.26. The van der Waals surface area contributed by atoms with Crippen LogP contribution in [0, 0.1) is 13.8 Å². The minimum absolute atomic E-state index is 0.0751.